The number of hydrogen-bond acceptors (Lipinski definition) is 6. The third-order valence-corrected chi connectivity index (χ3v) is 12.6. The molecule has 0 aliphatic heterocycles. The van der Waals surface area contributed by atoms with Crippen molar-refractivity contribution in [2.45, 2.75) is 284 Å². The minimum absolute atomic E-state index is 0.108. The number of allylic oxidation sites excluding steroid dienone is 16. The van der Waals surface area contributed by atoms with Crippen LogP contribution in [0.1, 0.15) is 278 Å². The number of ether oxygens (including phenoxy) is 3. The number of unbranched alkanes of at least 4 members (excludes halogenated alkanes) is 26. The smallest absolute Gasteiger partial charge is 0.306 e. The van der Waals surface area contributed by atoms with Crippen molar-refractivity contribution in [2.75, 3.05) is 13.2 Å². The van der Waals surface area contributed by atoms with Crippen LogP contribution in [0.15, 0.2) is 97.2 Å². The van der Waals surface area contributed by atoms with E-state index in [0.717, 1.165) is 89.9 Å². The predicted octanol–water partition coefficient (Wildman–Crippen LogP) is 20.1. The molecule has 6 heteroatoms. The van der Waals surface area contributed by atoms with Gasteiger partial charge in [-0.1, -0.05) is 253 Å². The maximum atomic E-state index is 12.8. The summed E-state index contributed by atoms with van der Waals surface area (Å²) in [6.07, 6.45) is 78.3. The lowest BCUT2D eigenvalue weighted by atomic mass is 10.0. The first kappa shape index (κ1) is 67.3. The van der Waals surface area contributed by atoms with Crippen molar-refractivity contribution < 1.29 is 28.6 Å². The molecule has 1 atom stereocenters. The molecule has 406 valence electrons. The highest BCUT2D eigenvalue weighted by atomic mass is 16.6. The largest absolute Gasteiger partial charge is 0.462 e. The summed E-state index contributed by atoms with van der Waals surface area (Å²) in [6.45, 7) is 6.53. The fraction of sp³-hybridized carbons (Fsp3) is 0.708. The molecule has 0 aromatic carbocycles. The van der Waals surface area contributed by atoms with E-state index in [9.17, 15) is 14.4 Å². The summed E-state index contributed by atoms with van der Waals surface area (Å²) in [4.78, 5) is 38.2. The van der Waals surface area contributed by atoms with Crippen LogP contribution in [0.5, 0.6) is 0 Å². The van der Waals surface area contributed by atoms with E-state index in [1.807, 2.05) is 0 Å². The predicted molar refractivity (Wildman–Crippen MR) is 307 cm³/mol. The van der Waals surface area contributed by atoms with Crippen LogP contribution in [0.25, 0.3) is 0 Å². The van der Waals surface area contributed by atoms with Gasteiger partial charge in [-0.15, -0.1) is 0 Å². The minimum Gasteiger partial charge on any atom is -0.462 e. The van der Waals surface area contributed by atoms with Gasteiger partial charge in [0.2, 0.25) is 0 Å². The molecule has 0 radical (unpaired) electrons. The molecule has 0 aliphatic rings. The van der Waals surface area contributed by atoms with E-state index >= 15 is 0 Å². The van der Waals surface area contributed by atoms with E-state index in [1.165, 1.54) is 141 Å². The van der Waals surface area contributed by atoms with Gasteiger partial charge in [-0.25, -0.2) is 0 Å². The van der Waals surface area contributed by atoms with Crippen LogP contribution < -0.4 is 0 Å². The molecule has 0 unspecified atom stereocenters. The summed E-state index contributed by atoms with van der Waals surface area (Å²) in [5, 5.41) is 0. The van der Waals surface area contributed by atoms with Crippen molar-refractivity contribution in [2.24, 2.45) is 0 Å². The Labute approximate surface area is 438 Å². The molecule has 0 bridgehead atoms. The van der Waals surface area contributed by atoms with Crippen molar-refractivity contribution in [1.29, 1.82) is 0 Å². The maximum Gasteiger partial charge on any atom is 0.306 e. The minimum atomic E-state index is -0.819. The molecule has 71 heavy (non-hydrogen) atoms. The van der Waals surface area contributed by atoms with Crippen molar-refractivity contribution >= 4 is 17.9 Å². The molecule has 0 saturated carbocycles. The van der Waals surface area contributed by atoms with Gasteiger partial charge in [-0.2, -0.15) is 0 Å². The summed E-state index contributed by atoms with van der Waals surface area (Å²) >= 11 is 0. The summed E-state index contributed by atoms with van der Waals surface area (Å²) in [5.41, 5.74) is 0. The van der Waals surface area contributed by atoms with Crippen LogP contribution in [0.3, 0.4) is 0 Å². The average Bonchev–Trinajstić information content (AvgIpc) is 3.37. The second kappa shape index (κ2) is 58.9. The number of hydrogen-bond donors (Lipinski definition) is 0. The van der Waals surface area contributed by atoms with Crippen LogP contribution in [0, 0.1) is 0 Å². The van der Waals surface area contributed by atoms with Gasteiger partial charge in [0.25, 0.3) is 0 Å². The Morgan fingerprint density at radius 2 is 0.521 bits per heavy atom. The van der Waals surface area contributed by atoms with E-state index in [2.05, 4.69) is 118 Å². The third-order valence-electron chi connectivity index (χ3n) is 12.6. The van der Waals surface area contributed by atoms with Gasteiger partial charge in [-0.05, 0) is 103 Å². The summed E-state index contributed by atoms with van der Waals surface area (Å²) in [5.74, 6) is -0.991. The second-order valence-corrected chi connectivity index (χ2v) is 19.6. The molecule has 0 rings (SSSR count). The van der Waals surface area contributed by atoms with E-state index in [1.54, 1.807) is 0 Å². The number of rotatable bonds is 53. The zero-order valence-corrected chi connectivity index (χ0v) is 46.5. The lowest BCUT2D eigenvalue weighted by Gasteiger charge is -2.18. The van der Waals surface area contributed by atoms with Crippen molar-refractivity contribution in [3.05, 3.63) is 97.2 Å². The quantitative estimate of drug-likeness (QED) is 0.0261. The maximum absolute atomic E-state index is 12.8. The Hall–Kier alpha value is -3.67. The molecule has 0 aliphatic carbocycles. The molecule has 0 amide bonds. The number of carbonyl (C=O) groups excluding carboxylic acids is 3. The van der Waals surface area contributed by atoms with Gasteiger partial charge in [0, 0.05) is 19.3 Å². The van der Waals surface area contributed by atoms with Crippen molar-refractivity contribution in [3.8, 4) is 0 Å². The highest BCUT2D eigenvalue weighted by molar-refractivity contribution is 5.71. The topological polar surface area (TPSA) is 78.9 Å². The first-order valence-electron chi connectivity index (χ1n) is 29.7. The Morgan fingerprint density at radius 3 is 0.859 bits per heavy atom. The highest BCUT2D eigenvalue weighted by Crippen LogP contribution is 2.15. The molecule has 0 aromatic heterocycles. The Bertz CT molecular complexity index is 1410. The van der Waals surface area contributed by atoms with Gasteiger partial charge in [0.15, 0.2) is 6.10 Å². The molecular weight excluding hydrogens is 877 g/mol. The molecule has 0 heterocycles. The summed E-state index contributed by atoms with van der Waals surface area (Å²) in [6, 6.07) is 0. The molecule has 0 spiro atoms. The summed E-state index contributed by atoms with van der Waals surface area (Å²) < 4.78 is 16.8. The zero-order chi connectivity index (χ0) is 51.4. The highest BCUT2D eigenvalue weighted by Gasteiger charge is 2.19. The molecule has 0 aromatic rings. The summed E-state index contributed by atoms with van der Waals surface area (Å²) in [7, 11) is 0. The Morgan fingerprint density at radius 1 is 0.282 bits per heavy atom. The third kappa shape index (κ3) is 57.1. The normalized spacial score (nSPS) is 12.8. The zero-order valence-electron chi connectivity index (χ0n) is 46.5. The molecule has 0 N–H and O–H groups in total. The average molecular weight is 988 g/mol. The van der Waals surface area contributed by atoms with Gasteiger partial charge in [0.05, 0.1) is 0 Å². The molecule has 0 fully saturated rings. The van der Waals surface area contributed by atoms with Gasteiger partial charge in [-0.3, -0.25) is 14.4 Å². The Balaban J connectivity index is 4.52. The van der Waals surface area contributed by atoms with Crippen LogP contribution in [-0.2, 0) is 28.6 Å². The van der Waals surface area contributed by atoms with Gasteiger partial charge >= 0.3 is 17.9 Å². The fourth-order valence-corrected chi connectivity index (χ4v) is 8.07. The van der Waals surface area contributed by atoms with Crippen LogP contribution in [0.4, 0.5) is 0 Å². The van der Waals surface area contributed by atoms with Crippen LogP contribution >= 0.6 is 0 Å². The first-order valence-corrected chi connectivity index (χ1v) is 29.7. The van der Waals surface area contributed by atoms with Crippen LogP contribution in [-0.4, -0.2) is 37.2 Å². The van der Waals surface area contributed by atoms with Crippen molar-refractivity contribution in [1.82, 2.24) is 0 Å². The molecular formula is C65H110O6. The van der Waals surface area contributed by atoms with E-state index < -0.39 is 6.10 Å². The lowest BCUT2D eigenvalue weighted by Crippen LogP contribution is -2.30. The van der Waals surface area contributed by atoms with E-state index in [4.69, 9.17) is 14.2 Å². The SMILES string of the molecule is CCCCC/C=C\C/C=C\C/C=C\C/C=C\CCCCCC(=O)OC[C@H](COC(=O)CCCCCCCCCCCCCCCCCCC)OC(=O)CCC/C=C\C/C=C\C/C=C\C/C=C\CCCCC. The fourth-order valence-electron chi connectivity index (χ4n) is 8.07. The van der Waals surface area contributed by atoms with Gasteiger partial charge in [0.1, 0.15) is 13.2 Å². The first-order chi connectivity index (χ1) is 35.0. The second-order valence-electron chi connectivity index (χ2n) is 19.6. The van der Waals surface area contributed by atoms with E-state index in [-0.39, 0.29) is 37.5 Å². The van der Waals surface area contributed by atoms with Crippen LogP contribution in [0.2, 0.25) is 0 Å². The number of esters is 3. The molecule has 0 saturated heterocycles. The number of carbonyl (C=O) groups is 3. The van der Waals surface area contributed by atoms with Gasteiger partial charge < -0.3 is 14.2 Å². The Kier molecular flexibility index (Phi) is 55.9. The van der Waals surface area contributed by atoms with Crippen molar-refractivity contribution in [3.63, 3.8) is 0 Å². The monoisotopic (exact) mass is 987 g/mol. The standard InChI is InChI=1S/C65H110O6/c1-4-7-10-13-16-19-22-25-28-31-32-35-37-40-43-46-49-52-55-58-64(67)70-61-62(71-65(68)59-56-53-50-47-44-41-38-34-30-27-24-21-18-15-12-9-6-3)60-69-63(66)57-54-51-48-45-42-39-36-33-29-26-23-20-17-14-11-8-5-2/h16,18-19,21,25,27-28,30,32,35,38,40-41,43,47,50,62H,4-15,17,20,22-24,26,29,31,33-34,36-37,39,42,44-46,48-49,51-61H2,1-3H3/b19-16-,21-18-,28-25-,30-27-,35-32-,41-38-,43-40-,50-47-/t62-/m0/s1. The lowest BCUT2D eigenvalue weighted by molar-refractivity contribution is -0.167. The molecule has 6 nitrogen and oxygen atoms in total. The van der Waals surface area contributed by atoms with E-state index in [0.29, 0.717) is 19.3 Å².